The van der Waals surface area contributed by atoms with Gasteiger partial charge in [0.05, 0.1) is 0 Å². The minimum absolute atomic E-state index is 0.668. The third-order valence-electron chi connectivity index (χ3n) is 0.874. The predicted octanol–water partition coefficient (Wildman–Crippen LogP) is -0.893. The maximum atomic E-state index is 10.5. The number of carbonyl (C=O) groups is 3. The Morgan fingerprint density at radius 3 is 2.33 bits per heavy atom. The number of rotatable bonds is 3. The molecule has 0 heterocycles. The third kappa shape index (κ3) is 4.56. The van der Waals surface area contributed by atoms with Crippen LogP contribution in [0.3, 0.4) is 0 Å². The molecular weight excluding hydrogens is 164 g/mol. The standard InChI is InChI=1S/C7H8O5/c1-4(8)3-6(10)12-7(11)5(2)9/h1,5,9H,3H2,2H3. The van der Waals surface area contributed by atoms with Gasteiger partial charge in [-0.15, -0.1) is 0 Å². The van der Waals surface area contributed by atoms with Crippen molar-refractivity contribution in [2.45, 2.75) is 19.4 Å². The first-order valence-electron chi connectivity index (χ1n) is 3.14. The first kappa shape index (κ1) is 10.8. The van der Waals surface area contributed by atoms with Gasteiger partial charge in [-0.2, -0.15) is 0 Å². The monoisotopic (exact) mass is 172 g/mol. The fourth-order valence-corrected chi connectivity index (χ4v) is 0.376. The predicted molar refractivity (Wildman–Crippen MR) is 36.7 cm³/mol. The molecule has 1 unspecified atom stereocenters. The minimum atomic E-state index is -1.39. The molecule has 0 aliphatic heterocycles. The first-order chi connectivity index (χ1) is 5.43. The Bertz CT molecular complexity index is 206. The van der Waals surface area contributed by atoms with Gasteiger partial charge in [-0.05, 0) is 6.92 Å². The fourth-order valence-electron chi connectivity index (χ4n) is 0.376. The number of ether oxygens (including phenoxy) is 1. The normalized spacial score (nSPS) is 11.9. The van der Waals surface area contributed by atoms with Gasteiger partial charge in [0, 0.05) is 6.92 Å². The lowest BCUT2D eigenvalue weighted by Crippen LogP contribution is -2.23. The van der Waals surface area contributed by atoms with E-state index in [9.17, 15) is 14.4 Å². The van der Waals surface area contributed by atoms with Gasteiger partial charge in [0.1, 0.15) is 18.3 Å². The molecule has 2 radical (unpaired) electrons. The molecule has 5 nitrogen and oxygen atoms in total. The molecule has 0 rings (SSSR count). The molecule has 0 spiro atoms. The maximum absolute atomic E-state index is 10.5. The summed E-state index contributed by atoms with van der Waals surface area (Å²) in [5.74, 6) is -3.05. The van der Waals surface area contributed by atoms with Crippen LogP contribution < -0.4 is 0 Å². The molecule has 1 N–H and O–H groups in total. The number of aliphatic hydroxyl groups excluding tert-OH is 1. The second-order valence-electron chi connectivity index (χ2n) is 2.11. The summed E-state index contributed by atoms with van der Waals surface area (Å²) in [6.45, 7) is 5.77. The first-order valence-corrected chi connectivity index (χ1v) is 3.14. The lowest BCUT2D eigenvalue weighted by atomic mass is 10.3. The van der Waals surface area contributed by atoms with Gasteiger partial charge in [0.25, 0.3) is 0 Å². The Morgan fingerprint density at radius 1 is 1.50 bits per heavy atom. The van der Waals surface area contributed by atoms with Crippen molar-refractivity contribution in [2.75, 3.05) is 0 Å². The number of Topliss-reactive ketones (excluding diaryl/α,β-unsaturated/α-hetero) is 1. The molecule has 5 heteroatoms. The van der Waals surface area contributed by atoms with Gasteiger partial charge < -0.3 is 9.84 Å². The fraction of sp³-hybridized carbons (Fsp3) is 0.429. The van der Waals surface area contributed by atoms with E-state index >= 15 is 0 Å². The zero-order valence-corrected chi connectivity index (χ0v) is 6.44. The molecule has 0 aromatic heterocycles. The Hall–Kier alpha value is -1.23. The van der Waals surface area contributed by atoms with Crippen LogP contribution in [0.1, 0.15) is 13.3 Å². The molecule has 12 heavy (non-hydrogen) atoms. The number of aliphatic hydroxyl groups is 1. The smallest absolute Gasteiger partial charge is 0.342 e. The van der Waals surface area contributed by atoms with Crippen LogP contribution >= 0.6 is 0 Å². The van der Waals surface area contributed by atoms with Crippen LogP contribution in [-0.4, -0.2) is 28.9 Å². The highest BCUT2D eigenvalue weighted by molar-refractivity contribution is 6.01. The van der Waals surface area contributed by atoms with Crippen LogP contribution in [0.15, 0.2) is 0 Å². The molecule has 0 amide bonds. The number of hydrogen-bond donors (Lipinski definition) is 1. The van der Waals surface area contributed by atoms with Crippen molar-refractivity contribution in [3.63, 3.8) is 0 Å². The zero-order chi connectivity index (χ0) is 9.72. The summed E-state index contributed by atoms with van der Waals surface area (Å²) >= 11 is 0. The van der Waals surface area contributed by atoms with E-state index in [0.29, 0.717) is 0 Å². The van der Waals surface area contributed by atoms with Gasteiger partial charge in [0.2, 0.25) is 0 Å². The van der Waals surface area contributed by atoms with Crippen LogP contribution in [0.2, 0.25) is 0 Å². The molecule has 0 bridgehead atoms. The van der Waals surface area contributed by atoms with Crippen molar-refractivity contribution in [2.24, 2.45) is 0 Å². The third-order valence-corrected chi connectivity index (χ3v) is 0.874. The lowest BCUT2D eigenvalue weighted by Gasteiger charge is -2.02. The van der Waals surface area contributed by atoms with E-state index in [0.717, 1.165) is 6.92 Å². The number of ketones is 1. The second kappa shape index (κ2) is 4.61. The summed E-state index contributed by atoms with van der Waals surface area (Å²) in [6.07, 6.45) is -2.06. The summed E-state index contributed by atoms with van der Waals surface area (Å²) in [7, 11) is 0. The van der Waals surface area contributed by atoms with Crippen LogP contribution in [0.5, 0.6) is 0 Å². The van der Waals surface area contributed by atoms with E-state index in [1.165, 1.54) is 0 Å². The van der Waals surface area contributed by atoms with E-state index < -0.39 is 30.2 Å². The van der Waals surface area contributed by atoms with E-state index in [-0.39, 0.29) is 0 Å². The van der Waals surface area contributed by atoms with Crippen LogP contribution in [-0.2, 0) is 19.1 Å². The highest BCUT2D eigenvalue weighted by atomic mass is 16.6. The van der Waals surface area contributed by atoms with E-state index in [1.807, 2.05) is 0 Å². The van der Waals surface area contributed by atoms with E-state index in [1.54, 1.807) is 0 Å². The number of carbonyl (C=O) groups excluding carboxylic acids is 3. The molecule has 0 aliphatic carbocycles. The van der Waals surface area contributed by atoms with Crippen molar-refractivity contribution in [1.82, 2.24) is 0 Å². The zero-order valence-electron chi connectivity index (χ0n) is 6.44. The molecular formula is C7H8O5. The average molecular weight is 172 g/mol. The Kier molecular flexibility index (Phi) is 4.14. The Labute approximate surface area is 69.3 Å². The lowest BCUT2D eigenvalue weighted by molar-refractivity contribution is -0.165. The SMILES string of the molecule is [CH]C(=O)CC(=O)OC(=O)C(C)O. The quantitative estimate of drug-likeness (QED) is 0.441. The Morgan fingerprint density at radius 2 is 2.00 bits per heavy atom. The molecule has 0 aromatic carbocycles. The van der Waals surface area contributed by atoms with Gasteiger partial charge >= 0.3 is 11.9 Å². The van der Waals surface area contributed by atoms with Crippen molar-refractivity contribution in [1.29, 1.82) is 0 Å². The van der Waals surface area contributed by atoms with Crippen molar-refractivity contribution in [3.05, 3.63) is 6.92 Å². The summed E-state index contributed by atoms with van der Waals surface area (Å²) in [5.41, 5.74) is 0. The van der Waals surface area contributed by atoms with E-state index in [2.05, 4.69) is 11.7 Å². The molecule has 0 aromatic rings. The van der Waals surface area contributed by atoms with Crippen LogP contribution in [0.4, 0.5) is 0 Å². The summed E-state index contributed by atoms with van der Waals surface area (Å²) < 4.78 is 3.99. The number of hydrogen-bond acceptors (Lipinski definition) is 5. The summed E-state index contributed by atoms with van der Waals surface area (Å²) in [5, 5.41) is 8.56. The van der Waals surface area contributed by atoms with Crippen LogP contribution in [0.25, 0.3) is 0 Å². The summed E-state index contributed by atoms with van der Waals surface area (Å²) in [6, 6.07) is 0. The molecule has 0 fully saturated rings. The molecule has 0 saturated heterocycles. The van der Waals surface area contributed by atoms with Crippen molar-refractivity contribution in [3.8, 4) is 0 Å². The average Bonchev–Trinajstić information content (AvgIpc) is 1.84. The highest BCUT2D eigenvalue weighted by Gasteiger charge is 2.16. The Balaban J connectivity index is 3.85. The van der Waals surface area contributed by atoms with Gasteiger partial charge in [-0.1, -0.05) is 0 Å². The molecule has 0 saturated carbocycles. The summed E-state index contributed by atoms with van der Waals surface area (Å²) in [4.78, 5) is 31.1. The van der Waals surface area contributed by atoms with Crippen LogP contribution in [0, 0.1) is 6.92 Å². The molecule has 0 aliphatic rings. The minimum Gasteiger partial charge on any atom is -0.391 e. The van der Waals surface area contributed by atoms with Crippen molar-refractivity contribution < 1.29 is 24.2 Å². The maximum Gasteiger partial charge on any atom is 0.342 e. The highest BCUT2D eigenvalue weighted by Crippen LogP contribution is 1.92. The molecule has 1 atom stereocenters. The van der Waals surface area contributed by atoms with E-state index in [4.69, 9.17) is 5.11 Å². The van der Waals surface area contributed by atoms with Gasteiger partial charge in [0.15, 0.2) is 0 Å². The van der Waals surface area contributed by atoms with Gasteiger partial charge in [-0.3, -0.25) is 9.59 Å². The largest absolute Gasteiger partial charge is 0.391 e. The molecule has 66 valence electrons. The van der Waals surface area contributed by atoms with Crippen molar-refractivity contribution >= 4 is 17.7 Å². The number of esters is 2. The second-order valence-corrected chi connectivity index (χ2v) is 2.11. The topological polar surface area (TPSA) is 80.7 Å². The van der Waals surface area contributed by atoms with Gasteiger partial charge in [-0.25, -0.2) is 4.79 Å².